The van der Waals surface area contributed by atoms with Crippen molar-refractivity contribution in [1.29, 1.82) is 0 Å². The molecule has 1 aliphatic heterocycles. The molecule has 0 radical (unpaired) electrons. The predicted molar refractivity (Wildman–Crippen MR) is 77.8 cm³/mol. The molecule has 0 amide bonds. The van der Waals surface area contributed by atoms with Gasteiger partial charge in [0.1, 0.15) is 0 Å². The number of sulfonamides is 1. The normalized spacial score (nSPS) is 20.8. The van der Waals surface area contributed by atoms with Gasteiger partial charge < -0.3 is 9.42 Å². The first-order valence-corrected chi connectivity index (χ1v) is 8.63. The summed E-state index contributed by atoms with van der Waals surface area (Å²) in [5.41, 5.74) is 1.03. The first kappa shape index (κ1) is 14.7. The van der Waals surface area contributed by atoms with Crippen molar-refractivity contribution in [1.82, 2.24) is 19.3 Å². The highest BCUT2D eigenvalue weighted by Gasteiger charge is 2.39. The molecule has 7 nitrogen and oxygen atoms in total. The van der Waals surface area contributed by atoms with Crippen LogP contribution in [0.5, 0.6) is 0 Å². The van der Waals surface area contributed by atoms with E-state index in [4.69, 9.17) is 4.52 Å². The van der Waals surface area contributed by atoms with E-state index < -0.39 is 10.0 Å². The third kappa shape index (κ3) is 3.17. The van der Waals surface area contributed by atoms with Crippen LogP contribution in [0.3, 0.4) is 0 Å². The Bertz CT molecular complexity index is 648. The third-order valence-corrected chi connectivity index (χ3v) is 6.15. The molecule has 2 aliphatic rings. The van der Waals surface area contributed by atoms with E-state index in [0.717, 1.165) is 37.9 Å². The van der Waals surface area contributed by atoms with Gasteiger partial charge in [0.05, 0.1) is 11.8 Å². The Labute approximate surface area is 124 Å². The number of hydrogen-bond acceptors (Lipinski definition) is 6. The van der Waals surface area contributed by atoms with Gasteiger partial charge in [-0.05, 0) is 26.3 Å². The second kappa shape index (κ2) is 5.51. The molecular weight excluding hydrogens is 292 g/mol. The lowest BCUT2D eigenvalue weighted by Gasteiger charge is -2.20. The summed E-state index contributed by atoms with van der Waals surface area (Å²) in [5, 5.41) is 3.74. The lowest BCUT2D eigenvalue weighted by atomic mass is 10.1. The first-order chi connectivity index (χ1) is 9.96. The van der Waals surface area contributed by atoms with Crippen molar-refractivity contribution >= 4 is 15.6 Å². The molecule has 0 bridgehead atoms. The van der Waals surface area contributed by atoms with Crippen LogP contribution in [0, 0.1) is 0 Å². The van der Waals surface area contributed by atoms with E-state index in [1.807, 2.05) is 7.05 Å². The summed E-state index contributed by atoms with van der Waals surface area (Å²) < 4.78 is 30.6. The SMILES string of the molecule is CN1CCC=C(c2noc(CN(C)S(=O)(=O)C3CC3)n2)C1. The lowest BCUT2D eigenvalue weighted by molar-refractivity contribution is 0.334. The average Bonchev–Trinajstić information content (AvgIpc) is 3.20. The molecule has 0 aromatic carbocycles. The van der Waals surface area contributed by atoms with Gasteiger partial charge in [-0.1, -0.05) is 11.2 Å². The van der Waals surface area contributed by atoms with Gasteiger partial charge in [-0.25, -0.2) is 8.42 Å². The van der Waals surface area contributed by atoms with Gasteiger partial charge in [-0.2, -0.15) is 9.29 Å². The maximum atomic E-state index is 12.1. The number of aromatic nitrogens is 2. The molecule has 8 heteroatoms. The molecule has 116 valence electrons. The lowest BCUT2D eigenvalue weighted by Crippen LogP contribution is -2.29. The molecule has 21 heavy (non-hydrogen) atoms. The molecular formula is C13H20N4O3S. The van der Waals surface area contributed by atoms with Gasteiger partial charge in [0.15, 0.2) is 5.82 Å². The van der Waals surface area contributed by atoms with Gasteiger partial charge in [-0.15, -0.1) is 0 Å². The van der Waals surface area contributed by atoms with E-state index in [1.165, 1.54) is 4.31 Å². The number of rotatable bonds is 5. The molecule has 0 atom stereocenters. The zero-order valence-corrected chi connectivity index (χ0v) is 13.1. The molecule has 3 rings (SSSR count). The van der Waals surface area contributed by atoms with Crippen LogP contribution >= 0.6 is 0 Å². The van der Waals surface area contributed by atoms with Gasteiger partial charge >= 0.3 is 0 Å². The number of nitrogens with zero attached hydrogens (tertiary/aromatic N) is 4. The molecule has 0 unspecified atom stereocenters. The second-order valence-electron chi connectivity index (χ2n) is 5.77. The first-order valence-electron chi connectivity index (χ1n) is 7.12. The molecule has 0 saturated heterocycles. The number of hydrogen-bond donors (Lipinski definition) is 0. The smallest absolute Gasteiger partial charge is 0.242 e. The number of likely N-dealkylation sites (N-methyl/N-ethyl adjacent to an activating group) is 1. The maximum Gasteiger partial charge on any atom is 0.242 e. The highest BCUT2D eigenvalue weighted by molar-refractivity contribution is 7.90. The van der Waals surface area contributed by atoms with E-state index in [1.54, 1.807) is 7.05 Å². The molecule has 1 fully saturated rings. The van der Waals surface area contributed by atoms with Crippen LogP contribution in [0.15, 0.2) is 10.6 Å². The van der Waals surface area contributed by atoms with E-state index in [9.17, 15) is 8.42 Å². The van der Waals surface area contributed by atoms with Crippen LogP contribution < -0.4 is 0 Å². The van der Waals surface area contributed by atoms with Crippen molar-refractivity contribution in [3.8, 4) is 0 Å². The minimum Gasteiger partial charge on any atom is -0.338 e. The van der Waals surface area contributed by atoms with Crippen molar-refractivity contribution in [2.45, 2.75) is 31.1 Å². The fraction of sp³-hybridized carbons (Fsp3) is 0.692. The summed E-state index contributed by atoms with van der Waals surface area (Å²) in [5.74, 6) is 0.902. The topological polar surface area (TPSA) is 79.5 Å². The highest BCUT2D eigenvalue weighted by atomic mass is 32.2. The zero-order chi connectivity index (χ0) is 15.0. The van der Waals surface area contributed by atoms with E-state index in [2.05, 4.69) is 21.1 Å². The van der Waals surface area contributed by atoms with Crippen LogP contribution in [-0.4, -0.2) is 60.2 Å². The quantitative estimate of drug-likeness (QED) is 0.797. The highest BCUT2D eigenvalue weighted by Crippen LogP contribution is 2.31. The Morgan fingerprint density at radius 1 is 1.48 bits per heavy atom. The Hall–Kier alpha value is -1.25. The van der Waals surface area contributed by atoms with Crippen LogP contribution in [0.1, 0.15) is 31.0 Å². The van der Waals surface area contributed by atoms with Gasteiger partial charge in [-0.3, -0.25) is 0 Å². The summed E-state index contributed by atoms with van der Waals surface area (Å²) in [6, 6.07) is 0. The standard InChI is InChI=1S/C13H20N4O3S/c1-16-7-3-4-10(8-16)13-14-12(20-15-13)9-17(2)21(18,19)11-5-6-11/h4,11H,3,5-9H2,1-2H3. The predicted octanol–water partition coefficient (Wildman–Crippen LogP) is 0.712. The van der Waals surface area contributed by atoms with E-state index >= 15 is 0 Å². The van der Waals surface area contributed by atoms with Crippen LogP contribution in [0.2, 0.25) is 0 Å². The molecule has 0 spiro atoms. The Balaban J connectivity index is 1.69. The third-order valence-electron chi connectivity index (χ3n) is 3.84. The fourth-order valence-electron chi connectivity index (χ4n) is 2.41. The minimum atomic E-state index is -3.21. The summed E-state index contributed by atoms with van der Waals surface area (Å²) in [4.78, 5) is 6.51. The van der Waals surface area contributed by atoms with Gasteiger partial charge in [0.25, 0.3) is 0 Å². The fourth-order valence-corrected chi connectivity index (χ4v) is 3.94. The Morgan fingerprint density at radius 2 is 2.24 bits per heavy atom. The monoisotopic (exact) mass is 312 g/mol. The largest absolute Gasteiger partial charge is 0.338 e. The maximum absolute atomic E-state index is 12.1. The van der Waals surface area contributed by atoms with Gasteiger partial charge in [0, 0.05) is 25.7 Å². The van der Waals surface area contributed by atoms with E-state index in [0.29, 0.717) is 11.7 Å². The Morgan fingerprint density at radius 3 is 2.90 bits per heavy atom. The zero-order valence-electron chi connectivity index (χ0n) is 12.3. The van der Waals surface area contributed by atoms with Crippen molar-refractivity contribution < 1.29 is 12.9 Å². The molecule has 2 heterocycles. The van der Waals surface area contributed by atoms with Crippen molar-refractivity contribution in [3.63, 3.8) is 0 Å². The van der Waals surface area contributed by atoms with Crippen molar-refractivity contribution in [3.05, 3.63) is 17.8 Å². The molecule has 1 aromatic heterocycles. The van der Waals surface area contributed by atoms with E-state index in [-0.39, 0.29) is 11.8 Å². The van der Waals surface area contributed by atoms with Crippen LogP contribution in [0.4, 0.5) is 0 Å². The molecule has 1 saturated carbocycles. The van der Waals surface area contributed by atoms with Crippen molar-refractivity contribution in [2.24, 2.45) is 0 Å². The average molecular weight is 312 g/mol. The molecule has 0 N–H and O–H groups in total. The summed E-state index contributed by atoms with van der Waals surface area (Å²) >= 11 is 0. The summed E-state index contributed by atoms with van der Waals surface area (Å²) in [7, 11) is 0.401. The molecule has 1 aromatic rings. The van der Waals surface area contributed by atoms with Crippen LogP contribution in [0.25, 0.3) is 5.57 Å². The van der Waals surface area contributed by atoms with Gasteiger partial charge in [0.2, 0.25) is 15.9 Å². The van der Waals surface area contributed by atoms with Crippen LogP contribution in [-0.2, 0) is 16.6 Å². The summed E-state index contributed by atoms with van der Waals surface area (Å²) in [6.07, 6.45) is 4.58. The summed E-state index contributed by atoms with van der Waals surface area (Å²) in [6.45, 7) is 1.95. The van der Waals surface area contributed by atoms with Crippen molar-refractivity contribution in [2.75, 3.05) is 27.2 Å². The minimum absolute atomic E-state index is 0.134. The molecule has 1 aliphatic carbocycles. The second-order valence-corrected chi connectivity index (χ2v) is 8.09. The Kier molecular flexibility index (Phi) is 3.85.